The van der Waals surface area contributed by atoms with Gasteiger partial charge in [-0.15, -0.1) is 0 Å². The molecule has 1 fully saturated rings. The van der Waals surface area contributed by atoms with Crippen LogP contribution in [0.5, 0.6) is 11.5 Å². The number of hydrogen-bond acceptors (Lipinski definition) is 4. The monoisotopic (exact) mass is 356 g/mol. The van der Waals surface area contributed by atoms with Gasteiger partial charge in [-0.1, -0.05) is 6.07 Å². The van der Waals surface area contributed by atoms with Crippen LogP contribution in [0.3, 0.4) is 0 Å². The van der Waals surface area contributed by atoms with E-state index in [1.54, 1.807) is 38.1 Å². The lowest BCUT2D eigenvalue weighted by Crippen LogP contribution is -2.31. The summed E-state index contributed by atoms with van der Waals surface area (Å²) in [6.45, 7) is 2.20. The summed E-state index contributed by atoms with van der Waals surface area (Å²) in [4.78, 5) is 26.6. The van der Waals surface area contributed by atoms with Gasteiger partial charge < -0.3 is 18.9 Å². The van der Waals surface area contributed by atoms with Crippen molar-refractivity contribution >= 4 is 11.7 Å². The molecular formula is C20H24N2O4. The Morgan fingerprint density at radius 1 is 1.12 bits per heavy atom. The van der Waals surface area contributed by atoms with Crippen molar-refractivity contribution in [2.24, 2.45) is 7.05 Å². The highest BCUT2D eigenvalue weighted by Crippen LogP contribution is 2.37. The van der Waals surface area contributed by atoms with Crippen LogP contribution in [0.1, 0.15) is 52.2 Å². The molecule has 26 heavy (non-hydrogen) atoms. The predicted octanol–water partition coefficient (Wildman–Crippen LogP) is 3.22. The van der Waals surface area contributed by atoms with Crippen molar-refractivity contribution in [3.05, 3.63) is 47.3 Å². The fourth-order valence-corrected chi connectivity index (χ4v) is 3.53. The molecule has 1 atom stereocenters. The first kappa shape index (κ1) is 18.0. The van der Waals surface area contributed by atoms with Gasteiger partial charge >= 0.3 is 0 Å². The van der Waals surface area contributed by atoms with E-state index in [4.69, 9.17) is 9.47 Å². The van der Waals surface area contributed by atoms with Gasteiger partial charge in [0.1, 0.15) is 5.69 Å². The molecule has 0 N–H and O–H groups in total. The number of methoxy groups -OCH3 is 2. The third-order valence-electron chi connectivity index (χ3n) is 4.94. The van der Waals surface area contributed by atoms with Gasteiger partial charge in [0.05, 0.1) is 20.3 Å². The number of likely N-dealkylation sites (tertiary alicyclic amines) is 1. The van der Waals surface area contributed by atoms with Crippen LogP contribution in [-0.4, -0.2) is 41.9 Å². The molecule has 1 saturated heterocycles. The smallest absolute Gasteiger partial charge is 0.271 e. The van der Waals surface area contributed by atoms with Gasteiger partial charge in [-0.05, 0) is 43.5 Å². The average Bonchev–Trinajstić information content (AvgIpc) is 3.27. The predicted molar refractivity (Wildman–Crippen MR) is 98.0 cm³/mol. The zero-order valence-corrected chi connectivity index (χ0v) is 15.6. The molecule has 1 aliphatic heterocycles. The van der Waals surface area contributed by atoms with E-state index in [2.05, 4.69) is 0 Å². The van der Waals surface area contributed by atoms with Crippen LogP contribution < -0.4 is 9.47 Å². The quantitative estimate of drug-likeness (QED) is 0.772. The first-order valence-corrected chi connectivity index (χ1v) is 8.66. The molecule has 0 unspecified atom stereocenters. The van der Waals surface area contributed by atoms with Crippen LogP contribution in [0.4, 0.5) is 0 Å². The maximum atomic E-state index is 13.1. The van der Waals surface area contributed by atoms with E-state index < -0.39 is 0 Å². The number of amides is 1. The van der Waals surface area contributed by atoms with E-state index in [1.165, 1.54) is 6.92 Å². The largest absolute Gasteiger partial charge is 0.493 e. The first-order valence-electron chi connectivity index (χ1n) is 8.66. The van der Waals surface area contributed by atoms with Gasteiger partial charge in [0.2, 0.25) is 0 Å². The lowest BCUT2D eigenvalue weighted by molar-refractivity contribution is 0.0725. The molecular weight excluding hydrogens is 332 g/mol. The molecule has 1 aromatic carbocycles. The van der Waals surface area contributed by atoms with E-state index in [9.17, 15) is 9.59 Å². The molecule has 1 aromatic heterocycles. The Kier molecular flexibility index (Phi) is 5.02. The molecule has 2 aromatic rings. The summed E-state index contributed by atoms with van der Waals surface area (Å²) in [5.74, 6) is 1.22. The molecule has 138 valence electrons. The second-order valence-corrected chi connectivity index (χ2v) is 6.55. The average molecular weight is 356 g/mol. The number of Topliss-reactive ketones (excluding diaryl/α,β-unsaturated/α-hetero) is 1. The molecule has 0 bridgehead atoms. The number of aromatic nitrogens is 1. The number of hydrogen-bond donors (Lipinski definition) is 0. The Bertz CT molecular complexity index is 840. The first-order chi connectivity index (χ1) is 12.5. The standard InChI is InChI=1S/C20H24N2O4/c1-13(23)15-10-17(21(2)12-15)20(24)22-9-5-6-16(22)14-7-8-18(25-3)19(11-14)26-4/h7-8,10-12,16H,5-6,9H2,1-4H3/t16-/m0/s1. The summed E-state index contributed by atoms with van der Waals surface area (Å²) in [6.07, 6.45) is 3.54. The number of aryl methyl sites for hydroxylation is 1. The number of nitrogens with zero attached hydrogens (tertiary/aromatic N) is 2. The maximum Gasteiger partial charge on any atom is 0.271 e. The summed E-state index contributed by atoms with van der Waals surface area (Å²) in [7, 11) is 5.00. The van der Waals surface area contributed by atoms with E-state index in [-0.39, 0.29) is 17.7 Å². The third-order valence-corrected chi connectivity index (χ3v) is 4.94. The van der Waals surface area contributed by atoms with Gasteiger partial charge in [0.25, 0.3) is 5.91 Å². The van der Waals surface area contributed by atoms with E-state index in [0.29, 0.717) is 29.3 Å². The summed E-state index contributed by atoms with van der Waals surface area (Å²) in [6, 6.07) is 7.43. The lowest BCUT2D eigenvalue weighted by Gasteiger charge is -2.26. The lowest BCUT2D eigenvalue weighted by atomic mass is 10.0. The molecule has 6 nitrogen and oxygen atoms in total. The topological polar surface area (TPSA) is 60.8 Å². The Balaban J connectivity index is 1.91. The fraction of sp³-hybridized carbons (Fsp3) is 0.400. The molecule has 6 heteroatoms. The SMILES string of the molecule is COc1ccc([C@@H]2CCCN2C(=O)c2cc(C(C)=O)cn2C)cc1OC. The highest BCUT2D eigenvalue weighted by Gasteiger charge is 2.32. The van der Waals surface area contributed by atoms with Gasteiger partial charge in [-0.2, -0.15) is 0 Å². The van der Waals surface area contributed by atoms with Crippen LogP contribution in [0.15, 0.2) is 30.5 Å². The zero-order chi connectivity index (χ0) is 18.8. The Labute approximate surface area is 153 Å². The van der Waals surface area contributed by atoms with E-state index in [1.807, 2.05) is 23.1 Å². The van der Waals surface area contributed by atoms with Crippen molar-refractivity contribution in [1.82, 2.24) is 9.47 Å². The Morgan fingerprint density at radius 2 is 1.85 bits per heavy atom. The zero-order valence-electron chi connectivity index (χ0n) is 15.6. The second-order valence-electron chi connectivity index (χ2n) is 6.55. The third kappa shape index (κ3) is 3.19. The number of benzene rings is 1. The summed E-state index contributed by atoms with van der Waals surface area (Å²) in [5, 5.41) is 0. The van der Waals surface area contributed by atoms with Gasteiger partial charge in [0.15, 0.2) is 17.3 Å². The molecule has 0 aliphatic carbocycles. The highest BCUT2D eigenvalue weighted by molar-refractivity contribution is 5.99. The minimum atomic E-state index is -0.0581. The highest BCUT2D eigenvalue weighted by atomic mass is 16.5. The van der Waals surface area contributed by atoms with Crippen molar-refractivity contribution < 1.29 is 19.1 Å². The number of carbonyl (C=O) groups is 2. The molecule has 3 rings (SSSR count). The van der Waals surface area contributed by atoms with E-state index >= 15 is 0 Å². The number of ether oxygens (including phenoxy) is 2. The van der Waals surface area contributed by atoms with Crippen molar-refractivity contribution in [2.45, 2.75) is 25.8 Å². The molecule has 0 saturated carbocycles. The molecule has 1 amide bonds. The van der Waals surface area contributed by atoms with Gasteiger partial charge in [-0.25, -0.2) is 0 Å². The van der Waals surface area contributed by atoms with Crippen molar-refractivity contribution in [3.63, 3.8) is 0 Å². The van der Waals surface area contributed by atoms with Crippen LogP contribution in [0.25, 0.3) is 0 Å². The minimum absolute atomic E-state index is 0.0158. The summed E-state index contributed by atoms with van der Waals surface area (Å²) < 4.78 is 12.4. The number of carbonyl (C=O) groups excluding carboxylic acids is 2. The Hall–Kier alpha value is -2.76. The molecule has 0 spiro atoms. The fourth-order valence-electron chi connectivity index (χ4n) is 3.53. The normalized spacial score (nSPS) is 16.6. The van der Waals surface area contributed by atoms with Crippen LogP contribution >= 0.6 is 0 Å². The summed E-state index contributed by atoms with van der Waals surface area (Å²) in [5.41, 5.74) is 2.11. The van der Waals surface area contributed by atoms with Crippen LogP contribution in [0, 0.1) is 0 Å². The van der Waals surface area contributed by atoms with Crippen molar-refractivity contribution in [3.8, 4) is 11.5 Å². The molecule has 2 heterocycles. The molecule has 1 aliphatic rings. The Morgan fingerprint density at radius 3 is 2.46 bits per heavy atom. The van der Waals surface area contributed by atoms with Gasteiger partial charge in [0, 0.05) is 25.4 Å². The molecule has 0 radical (unpaired) electrons. The van der Waals surface area contributed by atoms with E-state index in [0.717, 1.165) is 18.4 Å². The maximum absolute atomic E-state index is 13.1. The van der Waals surface area contributed by atoms with Crippen molar-refractivity contribution in [1.29, 1.82) is 0 Å². The second kappa shape index (κ2) is 7.23. The van der Waals surface area contributed by atoms with Crippen LogP contribution in [0.2, 0.25) is 0 Å². The van der Waals surface area contributed by atoms with Crippen molar-refractivity contribution in [2.75, 3.05) is 20.8 Å². The summed E-state index contributed by atoms with van der Waals surface area (Å²) >= 11 is 0. The van der Waals surface area contributed by atoms with Crippen LogP contribution in [-0.2, 0) is 7.05 Å². The number of rotatable bonds is 5. The van der Waals surface area contributed by atoms with Gasteiger partial charge in [-0.3, -0.25) is 9.59 Å². The number of ketones is 1. The minimum Gasteiger partial charge on any atom is -0.493 e.